The van der Waals surface area contributed by atoms with Crippen molar-refractivity contribution in [2.75, 3.05) is 43.4 Å². The second-order valence-electron chi connectivity index (χ2n) is 8.41. The lowest BCUT2D eigenvalue weighted by molar-refractivity contribution is -0.129. The Labute approximate surface area is 192 Å². The monoisotopic (exact) mass is 442 g/mol. The summed E-state index contributed by atoms with van der Waals surface area (Å²) in [7, 11) is 0. The predicted molar refractivity (Wildman–Crippen MR) is 128 cm³/mol. The number of nitrogens with two attached hydrogens (primary N) is 1. The van der Waals surface area contributed by atoms with Crippen molar-refractivity contribution in [3.8, 4) is 22.5 Å². The minimum Gasteiger partial charge on any atom is -0.382 e. The van der Waals surface area contributed by atoms with E-state index >= 15 is 0 Å². The van der Waals surface area contributed by atoms with Gasteiger partial charge in [0, 0.05) is 62.0 Å². The summed E-state index contributed by atoms with van der Waals surface area (Å²) in [5.41, 5.74) is 12.2. The molecule has 0 atom stereocenters. The highest BCUT2D eigenvalue weighted by Gasteiger charge is 2.20. The number of rotatable bonds is 3. The van der Waals surface area contributed by atoms with Crippen LogP contribution in [-0.2, 0) is 11.2 Å². The second kappa shape index (κ2) is 8.54. The Hall–Kier alpha value is -3.94. The van der Waals surface area contributed by atoms with Gasteiger partial charge in [-0.25, -0.2) is 9.97 Å². The number of nitrogens with one attached hydrogen (secondary N) is 1. The standard InChI is InChI=1S/C25H26N6O2/c1-16(32)30-10-12-31(13-11-30)20-5-2-17(3-6-20)22-15-28-24(26)23(29-22)19-4-7-21-18(14-19)8-9-27-25(21)33/h2-7,14-15H,8-13H2,1H3,(H2,26,28)(H,27,33). The van der Waals surface area contributed by atoms with Crippen LogP contribution in [0, 0.1) is 0 Å². The molecule has 0 aliphatic carbocycles. The molecule has 2 amide bonds. The molecule has 1 saturated heterocycles. The molecule has 0 saturated carbocycles. The molecular weight excluding hydrogens is 416 g/mol. The Morgan fingerprint density at radius 3 is 2.48 bits per heavy atom. The van der Waals surface area contributed by atoms with E-state index in [2.05, 4.69) is 27.3 Å². The van der Waals surface area contributed by atoms with Crippen LogP contribution in [0.4, 0.5) is 11.5 Å². The number of hydrogen-bond donors (Lipinski definition) is 2. The van der Waals surface area contributed by atoms with Crippen molar-refractivity contribution < 1.29 is 9.59 Å². The molecule has 0 bridgehead atoms. The maximum absolute atomic E-state index is 12.0. The Morgan fingerprint density at radius 2 is 1.76 bits per heavy atom. The number of carbonyl (C=O) groups is 2. The highest BCUT2D eigenvalue weighted by atomic mass is 16.2. The average molecular weight is 443 g/mol. The molecule has 8 nitrogen and oxygen atoms in total. The maximum atomic E-state index is 12.0. The summed E-state index contributed by atoms with van der Waals surface area (Å²) >= 11 is 0. The molecule has 8 heteroatoms. The van der Waals surface area contributed by atoms with Gasteiger partial charge >= 0.3 is 0 Å². The van der Waals surface area contributed by atoms with Crippen LogP contribution in [0.2, 0.25) is 0 Å². The Bertz CT molecular complexity index is 1220. The van der Waals surface area contributed by atoms with Crippen molar-refractivity contribution in [3.05, 3.63) is 59.8 Å². The van der Waals surface area contributed by atoms with E-state index in [0.29, 0.717) is 23.6 Å². The van der Waals surface area contributed by atoms with E-state index in [9.17, 15) is 9.59 Å². The van der Waals surface area contributed by atoms with E-state index in [-0.39, 0.29) is 11.8 Å². The molecule has 33 heavy (non-hydrogen) atoms. The van der Waals surface area contributed by atoms with E-state index in [1.165, 1.54) is 0 Å². The van der Waals surface area contributed by atoms with Gasteiger partial charge in [0.2, 0.25) is 5.91 Å². The number of aromatic nitrogens is 2. The van der Waals surface area contributed by atoms with E-state index in [4.69, 9.17) is 10.7 Å². The number of nitrogens with zero attached hydrogens (tertiary/aromatic N) is 4. The first kappa shape index (κ1) is 20.9. The predicted octanol–water partition coefficient (Wildman–Crippen LogP) is 2.35. The summed E-state index contributed by atoms with van der Waals surface area (Å²) in [5, 5.41) is 2.86. The molecule has 0 unspecified atom stereocenters. The van der Waals surface area contributed by atoms with Crippen LogP contribution in [0.25, 0.3) is 22.5 Å². The van der Waals surface area contributed by atoms with Gasteiger partial charge in [0.15, 0.2) is 0 Å². The Morgan fingerprint density at radius 1 is 1.03 bits per heavy atom. The van der Waals surface area contributed by atoms with Crippen LogP contribution in [0.3, 0.4) is 0 Å². The van der Waals surface area contributed by atoms with E-state index < -0.39 is 0 Å². The van der Waals surface area contributed by atoms with Crippen molar-refractivity contribution in [3.63, 3.8) is 0 Å². The maximum Gasteiger partial charge on any atom is 0.251 e. The lowest BCUT2D eigenvalue weighted by Gasteiger charge is -2.35. The molecule has 2 aliphatic heterocycles. The number of amides is 2. The molecule has 2 aromatic carbocycles. The van der Waals surface area contributed by atoms with Crippen LogP contribution >= 0.6 is 0 Å². The molecule has 0 spiro atoms. The number of anilines is 2. The lowest BCUT2D eigenvalue weighted by atomic mass is 9.96. The van der Waals surface area contributed by atoms with Gasteiger partial charge in [-0.05, 0) is 36.2 Å². The minimum absolute atomic E-state index is 0.0431. The van der Waals surface area contributed by atoms with Gasteiger partial charge < -0.3 is 20.9 Å². The zero-order valence-electron chi connectivity index (χ0n) is 18.5. The third-order valence-electron chi connectivity index (χ3n) is 6.36. The van der Waals surface area contributed by atoms with Crippen molar-refractivity contribution in [2.45, 2.75) is 13.3 Å². The molecule has 0 radical (unpaired) electrons. The fraction of sp³-hybridized carbons (Fsp3) is 0.280. The number of nitrogen functional groups attached to an aromatic ring is 1. The van der Waals surface area contributed by atoms with Crippen LogP contribution in [-0.4, -0.2) is 59.4 Å². The number of hydrogen-bond acceptors (Lipinski definition) is 6. The highest BCUT2D eigenvalue weighted by molar-refractivity contribution is 5.97. The molecule has 3 N–H and O–H groups in total. The van der Waals surface area contributed by atoms with E-state index in [1.54, 1.807) is 13.1 Å². The van der Waals surface area contributed by atoms with Gasteiger partial charge in [-0.15, -0.1) is 0 Å². The van der Waals surface area contributed by atoms with Gasteiger partial charge in [-0.1, -0.05) is 18.2 Å². The molecular formula is C25H26N6O2. The minimum atomic E-state index is -0.0431. The number of piperazine rings is 1. The van der Waals surface area contributed by atoms with Gasteiger partial charge in [0.25, 0.3) is 5.91 Å². The normalized spacial score (nSPS) is 15.7. The van der Waals surface area contributed by atoms with Gasteiger partial charge in [-0.2, -0.15) is 0 Å². The zero-order valence-corrected chi connectivity index (χ0v) is 18.5. The van der Waals surface area contributed by atoms with Crippen LogP contribution in [0.1, 0.15) is 22.8 Å². The molecule has 5 rings (SSSR count). The number of benzene rings is 2. The summed E-state index contributed by atoms with van der Waals surface area (Å²) in [6.45, 7) is 5.38. The highest BCUT2D eigenvalue weighted by Crippen LogP contribution is 2.29. The van der Waals surface area contributed by atoms with Gasteiger partial charge in [0.1, 0.15) is 11.5 Å². The van der Waals surface area contributed by atoms with Gasteiger partial charge in [-0.3, -0.25) is 9.59 Å². The molecule has 168 valence electrons. The van der Waals surface area contributed by atoms with Crippen LogP contribution in [0.15, 0.2) is 48.7 Å². The van der Waals surface area contributed by atoms with Crippen molar-refractivity contribution in [1.29, 1.82) is 0 Å². The fourth-order valence-corrected chi connectivity index (χ4v) is 4.45. The fourth-order valence-electron chi connectivity index (χ4n) is 4.45. The third kappa shape index (κ3) is 4.11. The average Bonchev–Trinajstić information content (AvgIpc) is 2.84. The van der Waals surface area contributed by atoms with E-state index in [1.807, 2.05) is 35.2 Å². The first-order valence-corrected chi connectivity index (χ1v) is 11.1. The molecule has 1 aromatic heterocycles. The smallest absolute Gasteiger partial charge is 0.251 e. The summed E-state index contributed by atoms with van der Waals surface area (Å²) in [6, 6.07) is 13.9. The second-order valence-corrected chi connectivity index (χ2v) is 8.41. The summed E-state index contributed by atoms with van der Waals surface area (Å²) < 4.78 is 0. The summed E-state index contributed by atoms with van der Waals surface area (Å²) in [5.74, 6) is 0.447. The topological polar surface area (TPSA) is 104 Å². The molecule has 3 aromatic rings. The first-order valence-electron chi connectivity index (χ1n) is 11.1. The van der Waals surface area contributed by atoms with Crippen molar-refractivity contribution >= 4 is 23.3 Å². The molecule has 3 heterocycles. The quantitative estimate of drug-likeness (QED) is 0.645. The third-order valence-corrected chi connectivity index (χ3v) is 6.36. The summed E-state index contributed by atoms with van der Waals surface area (Å²) in [6.07, 6.45) is 2.47. The van der Waals surface area contributed by atoms with E-state index in [0.717, 1.165) is 60.7 Å². The van der Waals surface area contributed by atoms with Gasteiger partial charge in [0.05, 0.1) is 11.9 Å². The zero-order chi connectivity index (χ0) is 22.9. The van der Waals surface area contributed by atoms with Crippen LogP contribution < -0.4 is 16.0 Å². The Balaban J connectivity index is 1.38. The SMILES string of the molecule is CC(=O)N1CCN(c2ccc(-c3cnc(N)c(-c4ccc5c(c4)CCNC5=O)n3)cc2)CC1. The molecule has 2 aliphatic rings. The number of fused-ring (bicyclic) bond motifs is 1. The van der Waals surface area contributed by atoms with Crippen LogP contribution in [0.5, 0.6) is 0 Å². The van der Waals surface area contributed by atoms with Crippen molar-refractivity contribution in [2.24, 2.45) is 0 Å². The Kier molecular flexibility index (Phi) is 5.42. The summed E-state index contributed by atoms with van der Waals surface area (Å²) in [4.78, 5) is 36.9. The molecule has 1 fully saturated rings. The number of carbonyl (C=O) groups excluding carboxylic acids is 2. The van der Waals surface area contributed by atoms with Crippen molar-refractivity contribution in [1.82, 2.24) is 20.2 Å². The lowest BCUT2D eigenvalue weighted by Crippen LogP contribution is -2.48. The largest absolute Gasteiger partial charge is 0.382 e. The first-order chi connectivity index (χ1) is 16.0.